The van der Waals surface area contributed by atoms with Gasteiger partial charge in [-0.05, 0) is 61.0 Å². The number of fused-ring (bicyclic) bond motifs is 1. The molecule has 1 aromatic heterocycles. The monoisotopic (exact) mass is 365 g/mol. The van der Waals surface area contributed by atoms with Gasteiger partial charge in [0.15, 0.2) is 0 Å². The molecular weight excluding hydrogens is 345 g/mol. The second kappa shape index (κ2) is 7.32. The number of carbonyl (C=O) groups is 1. The number of benzene rings is 2. The summed E-state index contributed by atoms with van der Waals surface area (Å²) in [6.45, 7) is 5.15. The highest BCUT2D eigenvalue weighted by molar-refractivity contribution is 6.05. The van der Waals surface area contributed by atoms with E-state index in [2.05, 4.69) is 16.3 Å². The minimum Gasteiger partial charge on any atom is -0.378 e. The number of anilines is 2. The van der Waals surface area contributed by atoms with E-state index in [0.717, 1.165) is 35.4 Å². The fraction of sp³-hybridized carbons (Fsp3) is 0.238. The maximum atomic E-state index is 13.0. The van der Waals surface area contributed by atoms with E-state index in [4.69, 9.17) is 9.72 Å². The van der Waals surface area contributed by atoms with Crippen molar-refractivity contribution in [1.29, 1.82) is 0 Å². The maximum absolute atomic E-state index is 13.0. The second-order valence-electron chi connectivity index (χ2n) is 6.59. The Bertz CT molecular complexity index is 983. The Balaban J connectivity index is 1.59. The van der Waals surface area contributed by atoms with Crippen LogP contribution in [0, 0.1) is 12.7 Å². The van der Waals surface area contributed by atoms with E-state index in [0.29, 0.717) is 24.5 Å². The number of rotatable bonds is 3. The molecule has 0 aliphatic carbocycles. The largest absolute Gasteiger partial charge is 0.378 e. The predicted molar refractivity (Wildman–Crippen MR) is 104 cm³/mol. The number of amides is 1. The Morgan fingerprint density at radius 3 is 2.59 bits per heavy atom. The molecule has 0 saturated carbocycles. The van der Waals surface area contributed by atoms with Gasteiger partial charge < -0.3 is 15.0 Å². The van der Waals surface area contributed by atoms with E-state index in [1.165, 1.54) is 24.3 Å². The minimum absolute atomic E-state index is 0.273. The number of halogens is 1. The van der Waals surface area contributed by atoms with Gasteiger partial charge in [0.25, 0.3) is 5.91 Å². The molecule has 27 heavy (non-hydrogen) atoms. The highest BCUT2D eigenvalue weighted by Gasteiger charge is 2.14. The Morgan fingerprint density at radius 1 is 1.11 bits per heavy atom. The molecule has 138 valence electrons. The first-order chi connectivity index (χ1) is 13.1. The molecule has 2 aromatic carbocycles. The van der Waals surface area contributed by atoms with Crippen LogP contribution in [0.3, 0.4) is 0 Å². The van der Waals surface area contributed by atoms with E-state index in [-0.39, 0.29) is 11.7 Å². The fourth-order valence-electron chi connectivity index (χ4n) is 3.21. The van der Waals surface area contributed by atoms with Gasteiger partial charge in [0, 0.05) is 29.7 Å². The number of nitrogens with one attached hydrogen (secondary N) is 1. The molecule has 0 unspecified atom stereocenters. The summed E-state index contributed by atoms with van der Waals surface area (Å²) in [5.74, 6) is 0.311. The van der Waals surface area contributed by atoms with E-state index in [9.17, 15) is 9.18 Å². The fourth-order valence-corrected chi connectivity index (χ4v) is 3.21. The SMILES string of the molecule is Cc1cc(N2CCOCC2)nc2ccc(NC(=O)c3ccc(F)cc3)cc12. The highest BCUT2D eigenvalue weighted by Crippen LogP contribution is 2.26. The molecular formula is C21H20FN3O2. The lowest BCUT2D eigenvalue weighted by Crippen LogP contribution is -2.36. The summed E-state index contributed by atoms with van der Waals surface area (Å²) >= 11 is 0. The van der Waals surface area contributed by atoms with Crippen molar-refractivity contribution in [2.75, 3.05) is 36.5 Å². The average Bonchev–Trinajstić information content (AvgIpc) is 2.69. The third-order valence-electron chi connectivity index (χ3n) is 4.70. The third-order valence-corrected chi connectivity index (χ3v) is 4.70. The molecule has 4 rings (SSSR count). The number of hydrogen-bond donors (Lipinski definition) is 1. The summed E-state index contributed by atoms with van der Waals surface area (Å²) in [7, 11) is 0. The number of pyridine rings is 1. The Hall–Kier alpha value is -2.99. The lowest BCUT2D eigenvalue weighted by molar-refractivity contribution is 0.102. The van der Waals surface area contributed by atoms with E-state index in [1.807, 2.05) is 25.1 Å². The Labute approximate surface area is 156 Å². The van der Waals surface area contributed by atoms with Crippen molar-refractivity contribution in [3.8, 4) is 0 Å². The lowest BCUT2D eigenvalue weighted by atomic mass is 10.1. The molecule has 1 fully saturated rings. The first-order valence-electron chi connectivity index (χ1n) is 8.91. The number of aromatic nitrogens is 1. The summed E-state index contributed by atoms with van der Waals surface area (Å²) < 4.78 is 18.4. The van der Waals surface area contributed by atoms with Crippen LogP contribution in [0.2, 0.25) is 0 Å². The third kappa shape index (κ3) is 3.75. The minimum atomic E-state index is -0.366. The molecule has 1 amide bonds. The van der Waals surface area contributed by atoms with Crippen LogP contribution >= 0.6 is 0 Å². The van der Waals surface area contributed by atoms with E-state index >= 15 is 0 Å². The molecule has 3 aromatic rings. The van der Waals surface area contributed by atoms with Gasteiger partial charge in [0.2, 0.25) is 0 Å². The zero-order valence-electron chi connectivity index (χ0n) is 15.0. The van der Waals surface area contributed by atoms with Crippen LogP contribution in [-0.2, 0) is 4.74 Å². The van der Waals surface area contributed by atoms with Crippen LogP contribution in [0.15, 0.2) is 48.5 Å². The average molecular weight is 365 g/mol. The molecule has 1 aliphatic heterocycles. The van der Waals surface area contributed by atoms with Crippen molar-refractivity contribution in [3.63, 3.8) is 0 Å². The van der Waals surface area contributed by atoms with Crippen LogP contribution in [0.5, 0.6) is 0 Å². The van der Waals surface area contributed by atoms with Crippen molar-refractivity contribution in [1.82, 2.24) is 4.98 Å². The second-order valence-corrected chi connectivity index (χ2v) is 6.59. The van der Waals surface area contributed by atoms with Crippen molar-refractivity contribution >= 4 is 28.3 Å². The van der Waals surface area contributed by atoms with Crippen LogP contribution in [-0.4, -0.2) is 37.2 Å². The molecule has 0 atom stereocenters. The van der Waals surface area contributed by atoms with Crippen LogP contribution in [0.1, 0.15) is 15.9 Å². The molecule has 0 radical (unpaired) electrons. The van der Waals surface area contributed by atoms with Gasteiger partial charge in [-0.15, -0.1) is 0 Å². The van der Waals surface area contributed by atoms with Crippen molar-refractivity contribution < 1.29 is 13.9 Å². The molecule has 0 bridgehead atoms. The van der Waals surface area contributed by atoms with Gasteiger partial charge in [-0.1, -0.05) is 0 Å². The molecule has 6 heteroatoms. The number of hydrogen-bond acceptors (Lipinski definition) is 4. The van der Waals surface area contributed by atoms with Gasteiger partial charge in [-0.3, -0.25) is 4.79 Å². The molecule has 1 aliphatic rings. The number of ether oxygens (including phenoxy) is 1. The quantitative estimate of drug-likeness (QED) is 0.768. The molecule has 1 saturated heterocycles. The molecule has 2 heterocycles. The van der Waals surface area contributed by atoms with Crippen LogP contribution in [0.4, 0.5) is 15.9 Å². The number of carbonyl (C=O) groups excluding carboxylic acids is 1. The van der Waals surface area contributed by atoms with Crippen LogP contribution in [0.25, 0.3) is 10.9 Å². The van der Waals surface area contributed by atoms with Crippen molar-refractivity contribution in [2.24, 2.45) is 0 Å². The summed E-state index contributed by atoms with van der Waals surface area (Å²) in [5.41, 5.74) is 3.07. The van der Waals surface area contributed by atoms with E-state index in [1.54, 1.807) is 0 Å². The van der Waals surface area contributed by atoms with Gasteiger partial charge in [-0.2, -0.15) is 0 Å². The molecule has 5 nitrogen and oxygen atoms in total. The Morgan fingerprint density at radius 2 is 1.85 bits per heavy atom. The van der Waals surface area contributed by atoms with Crippen molar-refractivity contribution in [3.05, 3.63) is 65.5 Å². The topological polar surface area (TPSA) is 54.5 Å². The van der Waals surface area contributed by atoms with Gasteiger partial charge >= 0.3 is 0 Å². The molecule has 0 spiro atoms. The smallest absolute Gasteiger partial charge is 0.255 e. The zero-order chi connectivity index (χ0) is 18.8. The number of nitrogens with zero attached hydrogens (tertiary/aromatic N) is 2. The Kier molecular flexibility index (Phi) is 4.73. The predicted octanol–water partition coefficient (Wildman–Crippen LogP) is 3.77. The van der Waals surface area contributed by atoms with Gasteiger partial charge in [-0.25, -0.2) is 9.37 Å². The lowest BCUT2D eigenvalue weighted by Gasteiger charge is -2.28. The summed E-state index contributed by atoms with van der Waals surface area (Å²) in [6, 6.07) is 13.2. The van der Waals surface area contributed by atoms with Gasteiger partial charge in [0.05, 0.1) is 18.7 Å². The summed E-state index contributed by atoms with van der Waals surface area (Å²) in [4.78, 5) is 19.3. The normalized spacial score (nSPS) is 14.4. The number of aryl methyl sites for hydroxylation is 1. The maximum Gasteiger partial charge on any atom is 0.255 e. The first kappa shape index (κ1) is 17.4. The van der Waals surface area contributed by atoms with Gasteiger partial charge in [0.1, 0.15) is 11.6 Å². The first-order valence-corrected chi connectivity index (χ1v) is 8.91. The summed E-state index contributed by atoms with van der Waals surface area (Å²) in [6.07, 6.45) is 0. The van der Waals surface area contributed by atoms with E-state index < -0.39 is 0 Å². The van der Waals surface area contributed by atoms with Crippen LogP contribution < -0.4 is 10.2 Å². The highest BCUT2D eigenvalue weighted by atomic mass is 19.1. The zero-order valence-corrected chi connectivity index (χ0v) is 15.0. The standard InChI is InChI=1S/C21H20FN3O2/c1-14-12-20(25-8-10-27-11-9-25)24-19-7-6-17(13-18(14)19)23-21(26)15-2-4-16(22)5-3-15/h2-7,12-13H,8-11H2,1H3,(H,23,26). The number of morpholine rings is 1. The summed E-state index contributed by atoms with van der Waals surface area (Å²) in [5, 5.41) is 3.85. The molecule has 1 N–H and O–H groups in total. The van der Waals surface area contributed by atoms with Crippen molar-refractivity contribution in [2.45, 2.75) is 6.92 Å².